The largest absolute Gasteiger partial charge is 0.326 e. The summed E-state index contributed by atoms with van der Waals surface area (Å²) in [5.41, 5.74) is 0.515. The molecule has 0 saturated carbocycles. The first-order valence-corrected chi connectivity index (χ1v) is 5.24. The normalized spacial score (nSPS) is 15.8. The molecule has 15 heavy (non-hydrogen) atoms. The van der Waals surface area contributed by atoms with Crippen molar-refractivity contribution >= 4 is 12.1 Å². The molecule has 1 N–H and O–H groups in total. The maximum absolute atomic E-state index is 11.8. The Labute approximate surface area is 91.0 Å². The average Bonchev–Trinajstić information content (AvgIpc) is 2.46. The fourth-order valence-corrected chi connectivity index (χ4v) is 1.04. The highest BCUT2D eigenvalue weighted by atomic mass is 16.2. The average molecular weight is 206 g/mol. The van der Waals surface area contributed by atoms with Crippen LogP contribution in [0, 0.1) is 5.41 Å². The van der Waals surface area contributed by atoms with Crippen LogP contribution in [-0.2, 0) is 4.79 Å². The van der Waals surface area contributed by atoms with Crippen molar-refractivity contribution in [2.24, 2.45) is 10.4 Å². The second-order valence-electron chi connectivity index (χ2n) is 4.22. The Hall–Kier alpha value is -1.38. The lowest BCUT2D eigenvalue weighted by atomic mass is 9.89. The standard InChI is InChI=1S/C12H18N2O/c1-4-12(2,3)11(15)14-10-6-5-8-13-9-7-10/h5-8H,4,9H2,1-3H3,(H,14,15). The van der Waals surface area contributed by atoms with Gasteiger partial charge in [0.2, 0.25) is 5.91 Å². The molecule has 0 radical (unpaired) electrons. The van der Waals surface area contributed by atoms with Crippen molar-refractivity contribution in [3.8, 4) is 0 Å². The molecule has 0 spiro atoms. The first-order valence-electron chi connectivity index (χ1n) is 5.24. The van der Waals surface area contributed by atoms with E-state index < -0.39 is 0 Å². The van der Waals surface area contributed by atoms with E-state index in [1.165, 1.54) is 0 Å². The van der Waals surface area contributed by atoms with Crippen LogP contribution in [-0.4, -0.2) is 18.7 Å². The third kappa shape index (κ3) is 3.35. The van der Waals surface area contributed by atoms with E-state index in [1.54, 1.807) is 6.21 Å². The lowest BCUT2D eigenvalue weighted by molar-refractivity contribution is -0.128. The highest BCUT2D eigenvalue weighted by molar-refractivity contribution is 5.84. The summed E-state index contributed by atoms with van der Waals surface area (Å²) in [6, 6.07) is 0. The highest BCUT2D eigenvalue weighted by Crippen LogP contribution is 2.20. The molecule has 82 valence electrons. The number of nitrogens with zero attached hydrogens (tertiary/aromatic N) is 1. The molecule has 1 amide bonds. The number of amides is 1. The third-order valence-corrected chi connectivity index (χ3v) is 2.64. The summed E-state index contributed by atoms with van der Waals surface area (Å²) in [7, 11) is 0. The minimum Gasteiger partial charge on any atom is -0.326 e. The van der Waals surface area contributed by atoms with E-state index in [9.17, 15) is 4.79 Å². The van der Waals surface area contributed by atoms with Gasteiger partial charge in [0, 0.05) is 17.3 Å². The molecule has 3 heteroatoms. The number of carbonyl (C=O) groups excluding carboxylic acids is 1. The van der Waals surface area contributed by atoms with Crippen molar-refractivity contribution in [3.05, 3.63) is 23.9 Å². The number of aliphatic imine (C=N–C) groups is 1. The predicted octanol–water partition coefficient (Wildman–Crippen LogP) is 2.06. The smallest absolute Gasteiger partial charge is 0.230 e. The van der Waals surface area contributed by atoms with Crippen molar-refractivity contribution in [1.29, 1.82) is 0 Å². The van der Waals surface area contributed by atoms with Crippen LogP contribution in [0.2, 0.25) is 0 Å². The van der Waals surface area contributed by atoms with Crippen molar-refractivity contribution in [3.63, 3.8) is 0 Å². The van der Waals surface area contributed by atoms with Crippen LogP contribution < -0.4 is 5.32 Å². The van der Waals surface area contributed by atoms with Crippen molar-refractivity contribution in [1.82, 2.24) is 5.32 Å². The lowest BCUT2D eigenvalue weighted by Crippen LogP contribution is -2.35. The van der Waals surface area contributed by atoms with Crippen molar-refractivity contribution in [2.75, 3.05) is 6.54 Å². The summed E-state index contributed by atoms with van der Waals surface area (Å²) in [4.78, 5) is 15.9. The van der Waals surface area contributed by atoms with E-state index in [-0.39, 0.29) is 11.3 Å². The van der Waals surface area contributed by atoms with Gasteiger partial charge in [0.15, 0.2) is 0 Å². The molecule has 0 unspecified atom stereocenters. The summed E-state index contributed by atoms with van der Waals surface area (Å²) in [6.07, 6.45) is 8.16. The van der Waals surface area contributed by atoms with E-state index in [2.05, 4.69) is 10.3 Å². The van der Waals surface area contributed by atoms with Crippen molar-refractivity contribution in [2.45, 2.75) is 27.2 Å². The molecule has 0 aromatic heterocycles. The summed E-state index contributed by atoms with van der Waals surface area (Å²) in [5, 5.41) is 2.91. The highest BCUT2D eigenvalue weighted by Gasteiger charge is 2.25. The quantitative estimate of drug-likeness (QED) is 0.754. The molecule has 1 aliphatic heterocycles. The van der Waals surface area contributed by atoms with Crippen LogP contribution in [0.3, 0.4) is 0 Å². The van der Waals surface area contributed by atoms with Crippen LogP contribution in [0.1, 0.15) is 27.2 Å². The van der Waals surface area contributed by atoms with Crippen LogP contribution in [0.15, 0.2) is 28.9 Å². The fraction of sp³-hybridized carbons (Fsp3) is 0.500. The molecule has 0 saturated heterocycles. The maximum atomic E-state index is 11.8. The SMILES string of the molecule is CCC(C)(C)C(=O)NC1=CCN=CC=C1. The second-order valence-corrected chi connectivity index (χ2v) is 4.22. The molecule has 1 heterocycles. The molecule has 0 fully saturated rings. The number of nitrogens with one attached hydrogen (secondary N) is 1. The van der Waals surface area contributed by atoms with E-state index in [1.807, 2.05) is 39.0 Å². The summed E-state index contributed by atoms with van der Waals surface area (Å²) < 4.78 is 0. The van der Waals surface area contributed by atoms with E-state index in [4.69, 9.17) is 0 Å². The Morgan fingerprint density at radius 2 is 2.33 bits per heavy atom. The van der Waals surface area contributed by atoms with Gasteiger partial charge >= 0.3 is 0 Å². The zero-order valence-electron chi connectivity index (χ0n) is 9.58. The van der Waals surface area contributed by atoms with Gasteiger partial charge in [-0.25, -0.2) is 0 Å². The topological polar surface area (TPSA) is 41.5 Å². The fourth-order valence-electron chi connectivity index (χ4n) is 1.04. The Balaban J connectivity index is 2.63. The minimum absolute atomic E-state index is 0.0581. The first kappa shape index (κ1) is 11.7. The van der Waals surface area contributed by atoms with Gasteiger partial charge in [-0.05, 0) is 24.6 Å². The first-order chi connectivity index (χ1) is 7.06. The number of rotatable bonds is 3. The molecule has 1 aliphatic rings. The molecule has 1 rings (SSSR count). The summed E-state index contributed by atoms with van der Waals surface area (Å²) >= 11 is 0. The van der Waals surface area contributed by atoms with Gasteiger partial charge in [-0.3, -0.25) is 9.79 Å². The van der Waals surface area contributed by atoms with Crippen LogP contribution in [0.4, 0.5) is 0 Å². The predicted molar refractivity (Wildman–Crippen MR) is 62.8 cm³/mol. The zero-order chi connectivity index (χ0) is 11.3. The minimum atomic E-state index is -0.318. The van der Waals surface area contributed by atoms with Gasteiger partial charge in [0.1, 0.15) is 0 Å². The Morgan fingerprint density at radius 3 is 3.00 bits per heavy atom. The van der Waals surface area contributed by atoms with Gasteiger partial charge < -0.3 is 5.32 Å². The number of hydrogen-bond donors (Lipinski definition) is 1. The Bertz CT molecular complexity index is 325. The molecule has 0 aromatic rings. The molecular formula is C12H18N2O. The monoisotopic (exact) mass is 206 g/mol. The van der Waals surface area contributed by atoms with Gasteiger partial charge in [-0.2, -0.15) is 0 Å². The molecule has 3 nitrogen and oxygen atoms in total. The van der Waals surface area contributed by atoms with Crippen LogP contribution >= 0.6 is 0 Å². The van der Waals surface area contributed by atoms with Crippen molar-refractivity contribution < 1.29 is 4.79 Å². The molecule has 0 aromatic carbocycles. The molecule has 0 bridgehead atoms. The van der Waals surface area contributed by atoms with Gasteiger partial charge in [0.25, 0.3) is 0 Å². The van der Waals surface area contributed by atoms with E-state index in [0.29, 0.717) is 6.54 Å². The molecule has 0 atom stereocenters. The Morgan fingerprint density at radius 1 is 1.60 bits per heavy atom. The van der Waals surface area contributed by atoms with E-state index in [0.717, 1.165) is 12.1 Å². The number of allylic oxidation sites excluding steroid dienone is 2. The number of hydrogen-bond acceptors (Lipinski definition) is 2. The number of carbonyl (C=O) groups is 1. The molecule has 0 aliphatic carbocycles. The maximum Gasteiger partial charge on any atom is 0.230 e. The lowest BCUT2D eigenvalue weighted by Gasteiger charge is -2.21. The third-order valence-electron chi connectivity index (χ3n) is 2.64. The zero-order valence-corrected chi connectivity index (χ0v) is 9.58. The van der Waals surface area contributed by atoms with E-state index >= 15 is 0 Å². The Kier molecular flexibility index (Phi) is 3.83. The van der Waals surface area contributed by atoms with Gasteiger partial charge in [0.05, 0.1) is 6.54 Å². The van der Waals surface area contributed by atoms with Crippen LogP contribution in [0.25, 0.3) is 0 Å². The summed E-state index contributed by atoms with van der Waals surface area (Å²) in [5.74, 6) is 0.0581. The second kappa shape index (κ2) is 4.91. The summed E-state index contributed by atoms with van der Waals surface area (Å²) in [6.45, 7) is 6.52. The van der Waals surface area contributed by atoms with Gasteiger partial charge in [-0.15, -0.1) is 0 Å². The van der Waals surface area contributed by atoms with Gasteiger partial charge in [-0.1, -0.05) is 20.8 Å². The molecular weight excluding hydrogens is 188 g/mol. The van der Waals surface area contributed by atoms with Crippen LogP contribution in [0.5, 0.6) is 0 Å².